The Morgan fingerprint density at radius 2 is 1.52 bits per heavy atom. The first-order chi connectivity index (χ1) is 19.5. The number of alkyl halides is 6. The molecule has 1 heterocycles. The number of hydrogen-bond donors (Lipinski definition) is 1. The number of likely N-dealkylation sites (tertiary alicyclic amines) is 1. The van der Waals surface area contributed by atoms with E-state index in [0.717, 1.165) is 17.7 Å². The van der Waals surface area contributed by atoms with Gasteiger partial charge in [-0.15, -0.1) is 0 Å². The van der Waals surface area contributed by atoms with Gasteiger partial charge in [0.25, 0.3) is 0 Å². The Hall–Kier alpha value is -3.15. The number of rotatable bonds is 5. The number of hydrogen-bond acceptors (Lipinski definition) is 3. The summed E-state index contributed by atoms with van der Waals surface area (Å²) in [6.45, 7) is 1.65. The minimum Gasteiger partial charge on any atom is -0.342 e. The molecule has 1 saturated heterocycles. The van der Waals surface area contributed by atoms with Gasteiger partial charge >= 0.3 is 12.4 Å². The SMILES string of the molecule is Cc1cc(F)ccc1[C@@H]1CN(C(=O)C2CCC(N)CC2)CC[C@H]1C(=O)N(C)Cc1cc(C(F)(F)F)cc(C(F)(F)F)c1. The van der Waals surface area contributed by atoms with E-state index in [1.165, 1.54) is 19.2 Å². The van der Waals surface area contributed by atoms with Crippen LogP contribution in [0.4, 0.5) is 30.7 Å². The number of aryl methyl sites for hydroxylation is 1. The molecule has 2 aromatic rings. The van der Waals surface area contributed by atoms with Crippen molar-refractivity contribution in [2.75, 3.05) is 20.1 Å². The molecule has 1 aliphatic carbocycles. The van der Waals surface area contributed by atoms with Crippen LogP contribution in [0.1, 0.15) is 65.8 Å². The zero-order chi connectivity index (χ0) is 31.0. The van der Waals surface area contributed by atoms with Gasteiger partial charge in [-0.05, 0) is 86.1 Å². The third-order valence-corrected chi connectivity index (χ3v) is 8.44. The van der Waals surface area contributed by atoms with Crippen molar-refractivity contribution >= 4 is 11.8 Å². The predicted molar refractivity (Wildman–Crippen MR) is 141 cm³/mol. The molecule has 0 aromatic heterocycles. The Balaban J connectivity index is 1.59. The van der Waals surface area contributed by atoms with Crippen LogP contribution in [0.2, 0.25) is 0 Å². The Labute approximate surface area is 239 Å². The van der Waals surface area contributed by atoms with Gasteiger partial charge in [0.05, 0.1) is 11.1 Å². The lowest BCUT2D eigenvalue weighted by atomic mass is 9.77. The van der Waals surface area contributed by atoms with Gasteiger partial charge in [-0.2, -0.15) is 26.3 Å². The van der Waals surface area contributed by atoms with Crippen molar-refractivity contribution in [2.45, 2.75) is 69.9 Å². The second kappa shape index (κ2) is 12.2. The summed E-state index contributed by atoms with van der Waals surface area (Å²) < 4.78 is 94.2. The van der Waals surface area contributed by atoms with E-state index in [1.54, 1.807) is 17.9 Å². The number of piperidine rings is 1. The second-order valence-corrected chi connectivity index (χ2v) is 11.5. The average Bonchev–Trinajstić information content (AvgIpc) is 2.91. The maximum absolute atomic E-state index is 13.9. The second-order valence-electron chi connectivity index (χ2n) is 11.5. The molecule has 1 aliphatic heterocycles. The van der Waals surface area contributed by atoms with Crippen molar-refractivity contribution in [3.63, 3.8) is 0 Å². The third-order valence-electron chi connectivity index (χ3n) is 8.44. The van der Waals surface area contributed by atoms with Gasteiger partial charge < -0.3 is 15.5 Å². The van der Waals surface area contributed by atoms with E-state index in [1.807, 2.05) is 0 Å². The zero-order valence-corrected chi connectivity index (χ0v) is 23.4. The van der Waals surface area contributed by atoms with Crippen LogP contribution < -0.4 is 5.73 Å². The number of halogens is 7. The van der Waals surface area contributed by atoms with Gasteiger partial charge in [-0.1, -0.05) is 6.07 Å². The van der Waals surface area contributed by atoms with E-state index < -0.39 is 53.6 Å². The van der Waals surface area contributed by atoms with Crippen molar-refractivity contribution < 1.29 is 40.3 Å². The molecule has 0 radical (unpaired) electrons. The predicted octanol–water partition coefficient (Wildman–Crippen LogP) is 6.28. The monoisotopic (exact) mass is 601 g/mol. The van der Waals surface area contributed by atoms with Crippen LogP contribution in [-0.4, -0.2) is 47.8 Å². The Bertz CT molecular complexity index is 1270. The summed E-state index contributed by atoms with van der Waals surface area (Å²) in [6, 6.07) is 5.47. The van der Waals surface area contributed by atoms with Crippen LogP contribution in [0, 0.1) is 24.6 Å². The summed E-state index contributed by atoms with van der Waals surface area (Å²) in [4.78, 5) is 30.0. The first kappa shape index (κ1) is 31.8. The van der Waals surface area contributed by atoms with Crippen LogP contribution in [0.3, 0.4) is 0 Å². The molecule has 0 unspecified atom stereocenters. The van der Waals surface area contributed by atoms with E-state index in [-0.39, 0.29) is 49.0 Å². The maximum Gasteiger partial charge on any atom is 0.416 e. The summed E-state index contributed by atoms with van der Waals surface area (Å²) in [7, 11) is 1.33. The fraction of sp³-hybridized carbons (Fsp3) is 0.533. The Kier molecular flexibility index (Phi) is 9.25. The highest BCUT2D eigenvalue weighted by Crippen LogP contribution is 2.39. The third kappa shape index (κ3) is 7.25. The molecule has 230 valence electrons. The molecule has 2 N–H and O–H groups in total. The quantitative estimate of drug-likeness (QED) is 0.411. The summed E-state index contributed by atoms with van der Waals surface area (Å²) >= 11 is 0. The number of amides is 2. The van der Waals surface area contributed by atoms with Gasteiger partial charge in [-0.3, -0.25) is 9.59 Å². The molecule has 5 nitrogen and oxygen atoms in total. The molecular weight excluding hydrogens is 567 g/mol. The highest BCUT2D eigenvalue weighted by molar-refractivity contribution is 5.82. The Morgan fingerprint density at radius 3 is 2.07 bits per heavy atom. The summed E-state index contributed by atoms with van der Waals surface area (Å²) in [5.41, 5.74) is 4.00. The van der Waals surface area contributed by atoms with Crippen molar-refractivity contribution in [1.82, 2.24) is 9.80 Å². The van der Waals surface area contributed by atoms with Crippen LogP contribution in [0.25, 0.3) is 0 Å². The smallest absolute Gasteiger partial charge is 0.342 e. The molecule has 2 fully saturated rings. The molecule has 2 aliphatic rings. The van der Waals surface area contributed by atoms with Gasteiger partial charge in [0, 0.05) is 50.5 Å². The maximum atomic E-state index is 13.9. The lowest BCUT2D eigenvalue weighted by Gasteiger charge is -2.41. The zero-order valence-electron chi connectivity index (χ0n) is 23.4. The molecular formula is C30H34F7N3O2. The van der Waals surface area contributed by atoms with Gasteiger partial charge in [-0.25, -0.2) is 4.39 Å². The first-order valence-corrected chi connectivity index (χ1v) is 13.9. The largest absolute Gasteiger partial charge is 0.416 e. The van der Waals surface area contributed by atoms with E-state index in [0.29, 0.717) is 36.1 Å². The van der Waals surface area contributed by atoms with Crippen molar-refractivity contribution in [3.8, 4) is 0 Å². The molecule has 0 spiro atoms. The Morgan fingerprint density at radius 1 is 0.929 bits per heavy atom. The van der Waals surface area contributed by atoms with Crippen LogP contribution >= 0.6 is 0 Å². The molecule has 2 atom stereocenters. The van der Waals surface area contributed by atoms with E-state index in [2.05, 4.69) is 0 Å². The minimum atomic E-state index is -5.01. The van der Waals surface area contributed by atoms with Crippen LogP contribution in [0.5, 0.6) is 0 Å². The summed E-state index contributed by atoms with van der Waals surface area (Å²) in [5.74, 6) is -2.44. The van der Waals surface area contributed by atoms with Gasteiger partial charge in [0.1, 0.15) is 5.82 Å². The van der Waals surface area contributed by atoms with Crippen LogP contribution in [-0.2, 0) is 28.5 Å². The van der Waals surface area contributed by atoms with E-state index in [4.69, 9.17) is 5.73 Å². The summed E-state index contributed by atoms with van der Waals surface area (Å²) in [5, 5.41) is 0. The molecule has 2 amide bonds. The van der Waals surface area contributed by atoms with Crippen molar-refractivity contribution in [3.05, 3.63) is 70.0 Å². The minimum absolute atomic E-state index is 0.0328. The molecule has 42 heavy (non-hydrogen) atoms. The molecule has 0 bridgehead atoms. The lowest BCUT2D eigenvalue weighted by molar-refractivity contribution is -0.144. The molecule has 12 heteroatoms. The first-order valence-electron chi connectivity index (χ1n) is 13.9. The number of benzene rings is 2. The normalized spacial score (nSPS) is 23.5. The van der Waals surface area contributed by atoms with Gasteiger partial charge in [0.15, 0.2) is 0 Å². The topological polar surface area (TPSA) is 66.6 Å². The average molecular weight is 602 g/mol. The highest BCUT2D eigenvalue weighted by atomic mass is 19.4. The van der Waals surface area contributed by atoms with E-state index >= 15 is 0 Å². The lowest BCUT2D eigenvalue weighted by Crippen LogP contribution is -2.49. The fourth-order valence-electron chi connectivity index (χ4n) is 6.19. The van der Waals surface area contributed by atoms with Crippen molar-refractivity contribution in [1.29, 1.82) is 0 Å². The van der Waals surface area contributed by atoms with E-state index in [9.17, 15) is 40.3 Å². The number of carbonyl (C=O) groups excluding carboxylic acids is 2. The van der Waals surface area contributed by atoms with Crippen molar-refractivity contribution in [2.24, 2.45) is 17.6 Å². The summed E-state index contributed by atoms with van der Waals surface area (Å²) in [6.07, 6.45) is -6.97. The standard InChI is InChI=1S/C30H34F7N3O2/c1-17-11-22(31)5-8-24(17)26-16-40(27(41)19-3-6-23(38)7-4-19)10-9-25(26)28(42)39(2)15-18-12-20(29(32,33)34)14-21(13-18)30(35,36)37/h5,8,11-14,19,23,25-26H,3-4,6-7,9-10,15-16,38H2,1-2H3/t19?,23?,25-,26+/m1/s1. The van der Waals surface area contributed by atoms with Gasteiger partial charge in [0.2, 0.25) is 11.8 Å². The number of nitrogens with two attached hydrogens (primary N) is 1. The number of nitrogens with zero attached hydrogens (tertiary/aromatic N) is 2. The molecule has 2 aromatic carbocycles. The van der Waals surface area contributed by atoms with Crippen LogP contribution in [0.15, 0.2) is 36.4 Å². The fourth-order valence-corrected chi connectivity index (χ4v) is 6.19. The molecule has 1 saturated carbocycles. The molecule has 4 rings (SSSR count). The number of carbonyl (C=O) groups is 2. The highest BCUT2D eigenvalue weighted by Gasteiger charge is 2.41.